The summed E-state index contributed by atoms with van der Waals surface area (Å²) in [6.45, 7) is 0.572. The zero-order chi connectivity index (χ0) is 15.9. The summed E-state index contributed by atoms with van der Waals surface area (Å²) in [5, 5.41) is 4.94. The van der Waals surface area contributed by atoms with E-state index in [1.165, 1.54) is 18.5 Å². The van der Waals surface area contributed by atoms with Crippen LogP contribution >= 0.6 is 11.6 Å². The lowest BCUT2D eigenvalue weighted by Gasteiger charge is -2.34. The summed E-state index contributed by atoms with van der Waals surface area (Å²) in [5.74, 6) is -0.294. The van der Waals surface area contributed by atoms with E-state index in [1.807, 2.05) is 24.3 Å². The van der Waals surface area contributed by atoms with Crippen molar-refractivity contribution >= 4 is 11.6 Å². The minimum atomic E-state index is -0.775. The van der Waals surface area contributed by atoms with Gasteiger partial charge in [-0.1, -0.05) is 41.9 Å². The van der Waals surface area contributed by atoms with Crippen molar-refractivity contribution in [3.8, 4) is 0 Å². The molecule has 23 heavy (non-hydrogen) atoms. The highest BCUT2D eigenvalue weighted by Crippen LogP contribution is 2.45. The maximum absolute atomic E-state index is 13.4. The molecule has 0 saturated carbocycles. The Labute approximate surface area is 137 Å². The van der Waals surface area contributed by atoms with Gasteiger partial charge in [0.15, 0.2) is 0 Å². The second-order valence-corrected chi connectivity index (χ2v) is 5.82. The minimum Gasteiger partial charge on any atom is -0.370 e. The number of hydrogen-bond acceptors (Lipinski definition) is 3. The number of aromatic nitrogens is 3. The van der Waals surface area contributed by atoms with E-state index in [9.17, 15) is 4.39 Å². The summed E-state index contributed by atoms with van der Waals surface area (Å²) >= 11 is 6.49. The summed E-state index contributed by atoms with van der Waals surface area (Å²) < 4.78 is 20.8. The van der Waals surface area contributed by atoms with Crippen LogP contribution in [0.2, 0.25) is 5.02 Å². The van der Waals surface area contributed by atoms with E-state index in [-0.39, 0.29) is 11.9 Å². The molecule has 1 aliphatic heterocycles. The number of halogens is 2. The van der Waals surface area contributed by atoms with Gasteiger partial charge in [0.05, 0.1) is 6.61 Å². The summed E-state index contributed by atoms with van der Waals surface area (Å²) in [6.07, 6.45) is 2.96. The van der Waals surface area contributed by atoms with Gasteiger partial charge in [-0.25, -0.2) is 14.1 Å². The van der Waals surface area contributed by atoms with Crippen LogP contribution in [0, 0.1) is 5.82 Å². The van der Waals surface area contributed by atoms with Crippen LogP contribution in [-0.4, -0.2) is 27.5 Å². The van der Waals surface area contributed by atoms with Gasteiger partial charge in [0.1, 0.15) is 30.1 Å². The van der Waals surface area contributed by atoms with E-state index in [1.54, 1.807) is 23.1 Å². The number of ether oxygens (including phenoxy) is 1. The first-order chi connectivity index (χ1) is 11.2. The quantitative estimate of drug-likeness (QED) is 0.690. The maximum atomic E-state index is 13.4. The molecule has 2 aromatic carbocycles. The second-order valence-electron chi connectivity index (χ2n) is 5.42. The largest absolute Gasteiger partial charge is 0.370 e. The van der Waals surface area contributed by atoms with Gasteiger partial charge in [0.2, 0.25) is 0 Å². The van der Waals surface area contributed by atoms with Crippen LogP contribution in [-0.2, 0) is 10.3 Å². The fraction of sp³-hybridized carbons (Fsp3) is 0.176. The number of epoxide rings is 1. The lowest BCUT2D eigenvalue weighted by molar-refractivity contribution is 0.268. The Morgan fingerprint density at radius 3 is 2.52 bits per heavy atom. The molecule has 2 heterocycles. The Morgan fingerprint density at radius 1 is 1.17 bits per heavy atom. The second kappa shape index (κ2) is 5.44. The molecule has 3 aromatic rings. The molecule has 6 heteroatoms. The van der Waals surface area contributed by atoms with Gasteiger partial charge < -0.3 is 4.74 Å². The lowest BCUT2D eigenvalue weighted by atomic mass is 9.80. The Morgan fingerprint density at radius 2 is 1.91 bits per heavy atom. The van der Waals surface area contributed by atoms with E-state index in [2.05, 4.69) is 10.1 Å². The van der Waals surface area contributed by atoms with Crippen molar-refractivity contribution < 1.29 is 9.13 Å². The average molecular weight is 330 g/mol. The van der Waals surface area contributed by atoms with E-state index in [4.69, 9.17) is 16.3 Å². The fourth-order valence-corrected chi connectivity index (χ4v) is 3.35. The van der Waals surface area contributed by atoms with Gasteiger partial charge in [0, 0.05) is 10.6 Å². The highest BCUT2D eigenvalue weighted by molar-refractivity contribution is 6.31. The number of hydrogen-bond donors (Lipinski definition) is 0. The van der Waals surface area contributed by atoms with E-state index in [0.717, 1.165) is 11.1 Å². The summed E-state index contributed by atoms with van der Waals surface area (Å²) in [6, 6.07) is 13.9. The molecule has 0 N–H and O–H groups in total. The first kappa shape index (κ1) is 14.4. The first-order valence-electron chi connectivity index (χ1n) is 7.20. The predicted molar refractivity (Wildman–Crippen MR) is 83.8 cm³/mol. The van der Waals surface area contributed by atoms with Crippen molar-refractivity contribution in [3.05, 3.63) is 83.2 Å². The lowest BCUT2D eigenvalue weighted by Crippen LogP contribution is -2.42. The molecule has 1 aromatic heterocycles. The van der Waals surface area contributed by atoms with E-state index in [0.29, 0.717) is 11.6 Å². The zero-order valence-corrected chi connectivity index (χ0v) is 12.8. The van der Waals surface area contributed by atoms with Crippen LogP contribution in [0.1, 0.15) is 11.1 Å². The Hall–Kier alpha value is -2.24. The standard InChI is InChI=1S/C17H13ClFN3O/c18-15-4-2-1-3-14(15)17(16-9-23-16,22-11-20-10-21-22)12-5-7-13(19)8-6-12/h1-8,10-11,16H,9H2. The zero-order valence-electron chi connectivity index (χ0n) is 12.1. The molecule has 0 aliphatic carbocycles. The third kappa shape index (κ3) is 2.24. The molecule has 4 nitrogen and oxygen atoms in total. The normalized spacial score (nSPS) is 19.3. The predicted octanol–water partition coefficient (Wildman–Crippen LogP) is 3.26. The molecule has 0 radical (unpaired) electrons. The smallest absolute Gasteiger partial charge is 0.144 e. The molecule has 4 rings (SSSR count). The van der Waals surface area contributed by atoms with Crippen molar-refractivity contribution in [2.45, 2.75) is 11.6 Å². The molecule has 2 atom stereocenters. The Kier molecular flexibility index (Phi) is 3.39. The third-order valence-electron chi connectivity index (χ3n) is 4.15. The third-order valence-corrected chi connectivity index (χ3v) is 4.48. The highest BCUT2D eigenvalue weighted by Gasteiger charge is 2.53. The minimum absolute atomic E-state index is 0.144. The fourth-order valence-electron chi connectivity index (χ4n) is 3.07. The van der Waals surface area contributed by atoms with Gasteiger partial charge in [-0.3, -0.25) is 0 Å². The SMILES string of the molecule is Fc1ccc(C(c2ccccc2Cl)(C2CO2)n2cncn2)cc1. The van der Waals surface area contributed by atoms with Crippen LogP contribution in [0.25, 0.3) is 0 Å². The average Bonchev–Trinajstić information content (AvgIpc) is 3.26. The Bertz CT molecular complexity index is 818. The van der Waals surface area contributed by atoms with Gasteiger partial charge in [-0.15, -0.1) is 0 Å². The number of nitrogens with zero attached hydrogens (tertiary/aromatic N) is 3. The monoisotopic (exact) mass is 329 g/mol. The molecule has 0 spiro atoms. The van der Waals surface area contributed by atoms with Crippen LogP contribution < -0.4 is 0 Å². The van der Waals surface area contributed by atoms with Gasteiger partial charge in [0.25, 0.3) is 0 Å². The van der Waals surface area contributed by atoms with Gasteiger partial charge in [-0.2, -0.15) is 5.10 Å². The molecular weight excluding hydrogens is 317 g/mol. The van der Waals surface area contributed by atoms with Gasteiger partial charge >= 0.3 is 0 Å². The number of rotatable bonds is 4. The molecule has 1 aliphatic rings. The van der Waals surface area contributed by atoms with Crippen molar-refractivity contribution in [1.82, 2.24) is 14.8 Å². The van der Waals surface area contributed by atoms with Crippen molar-refractivity contribution in [2.75, 3.05) is 6.61 Å². The molecular formula is C17H13ClFN3O. The van der Waals surface area contributed by atoms with Crippen molar-refractivity contribution in [3.63, 3.8) is 0 Å². The summed E-state index contributed by atoms with van der Waals surface area (Å²) in [7, 11) is 0. The number of benzene rings is 2. The molecule has 1 fully saturated rings. The molecule has 2 unspecified atom stereocenters. The van der Waals surface area contributed by atoms with Crippen LogP contribution in [0.5, 0.6) is 0 Å². The summed E-state index contributed by atoms with van der Waals surface area (Å²) in [5.41, 5.74) is 0.920. The molecule has 116 valence electrons. The maximum Gasteiger partial charge on any atom is 0.144 e. The van der Waals surface area contributed by atoms with E-state index >= 15 is 0 Å². The molecule has 0 bridgehead atoms. The molecule has 0 amide bonds. The highest BCUT2D eigenvalue weighted by atomic mass is 35.5. The van der Waals surface area contributed by atoms with Crippen LogP contribution in [0.4, 0.5) is 4.39 Å². The van der Waals surface area contributed by atoms with Crippen molar-refractivity contribution in [1.29, 1.82) is 0 Å². The molecule has 1 saturated heterocycles. The van der Waals surface area contributed by atoms with Crippen molar-refractivity contribution in [2.24, 2.45) is 0 Å². The summed E-state index contributed by atoms with van der Waals surface area (Å²) in [4.78, 5) is 4.08. The first-order valence-corrected chi connectivity index (χ1v) is 7.58. The van der Waals surface area contributed by atoms with Gasteiger partial charge in [-0.05, 0) is 23.8 Å². The van der Waals surface area contributed by atoms with Crippen LogP contribution in [0.15, 0.2) is 61.2 Å². The van der Waals surface area contributed by atoms with Crippen LogP contribution in [0.3, 0.4) is 0 Å². The Balaban J connectivity index is 2.03. The topological polar surface area (TPSA) is 43.2 Å². The van der Waals surface area contributed by atoms with E-state index < -0.39 is 5.54 Å².